The highest BCUT2D eigenvalue weighted by Crippen LogP contribution is 2.37. The minimum Gasteiger partial charge on any atom is -0.348 e. The topological polar surface area (TPSA) is 42.1 Å². The molecule has 2 aliphatic carbocycles. The zero-order chi connectivity index (χ0) is 11.8. The van der Waals surface area contributed by atoms with Crippen molar-refractivity contribution in [3.8, 4) is 0 Å². The van der Waals surface area contributed by atoms with E-state index in [0.29, 0.717) is 0 Å². The van der Waals surface area contributed by atoms with Crippen molar-refractivity contribution in [3.05, 3.63) is 11.1 Å². The fourth-order valence-corrected chi connectivity index (χ4v) is 2.97. The average Bonchev–Trinajstić information content (AvgIpc) is 3.21. The molecule has 2 aliphatic rings. The zero-order valence-electron chi connectivity index (χ0n) is 10.4. The van der Waals surface area contributed by atoms with Gasteiger partial charge in [0.1, 0.15) is 0 Å². The average molecular weight is 251 g/mol. The highest BCUT2D eigenvalue weighted by Gasteiger charge is 2.30. The number of aromatic nitrogens is 1. The lowest BCUT2D eigenvalue weighted by Crippen LogP contribution is -2.27. The molecule has 1 atom stereocenters. The lowest BCUT2D eigenvalue weighted by molar-refractivity contribution is 0.677. The van der Waals surface area contributed by atoms with Crippen molar-refractivity contribution < 1.29 is 0 Å². The number of nitrogens with zero attached hydrogens (tertiary/aromatic N) is 2. The first-order chi connectivity index (χ1) is 8.22. The molecule has 1 heterocycles. The van der Waals surface area contributed by atoms with Crippen LogP contribution in [0.5, 0.6) is 0 Å². The molecular formula is C13H21N3S. The number of hydrogen-bond acceptors (Lipinski definition) is 4. The van der Waals surface area contributed by atoms with Crippen molar-refractivity contribution >= 4 is 16.5 Å². The Labute approximate surface area is 107 Å². The largest absolute Gasteiger partial charge is 0.348 e. The second-order valence-electron chi connectivity index (χ2n) is 5.63. The van der Waals surface area contributed by atoms with Crippen LogP contribution in [0.1, 0.15) is 43.5 Å². The molecule has 4 heteroatoms. The van der Waals surface area contributed by atoms with Gasteiger partial charge in [-0.05, 0) is 44.4 Å². The molecule has 1 unspecified atom stereocenters. The van der Waals surface area contributed by atoms with Gasteiger partial charge in [-0.25, -0.2) is 4.98 Å². The molecule has 3 nitrogen and oxygen atoms in total. The van der Waals surface area contributed by atoms with Gasteiger partial charge in [-0.2, -0.15) is 0 Å². The third-order valence-corrected chi connectivity index (χ3v) is 4.84. The van der Waals surface area contributed by atoms with E-state index in [0.717, 1.165) is 11.8 Å². The highest BCUT2D eigenvalue weighted by molar-refractivity contribution is 7.15. The van der Waals surface area contributed by atoms with Gasteiger partial charge in [0.05, 0.1) is 0 Å². The van der Waals surface area contributed by atoms with Gasteiger partial charge in [0.25, 0.3) is 0 Å². The smallest absolute Gasteiger partial charge is 0.185 e. The van der Waals surface area contributed by atoms with E-state index >= 15 is 0 Å². The third-order valence-electron chi connectivity index (χ3n) is 3.58. The summed E-state index contributed by atoms with van der Waals surface area (Å²) in [5.41, 5.74) is 5.91. The Bertz CT molecular complexity index is 366. The van der Waals surface area contributed by atoms with Crippen molar-refractivity contribution in [2.45, 2.75) is 38.6 Å². The number of anilines is 1. The molecule has 2 saturated carbocycles. The number of thiazole rings is 1. The minimum absolute atomic E-state index is 0.116. The van der Waals surface area contributed by atoms with Crippen LogP contribution in [0.2, 0.25) is 0 Å². The Kier molecular flexibility index (Phi) is 3.09. The standard InChI is InChI=1S/C13H21N3S/c1-9(14)12-6-15-13(17-12)16(7-10-2-3-10)8-11-4-5-11/h6,9-11H,2-5,7-8,14H2,1H3. The van der Waals surface area contributed by atoms with Crippen LogP contribution in [0.3, 0.4) is 0 Å². The summed E-state index contributed by atoms with van der Waals surface area (Å²) in [5, 5.41) is 1.19. The van der Waals surface area contributed by atoms with Crippen LogP contribution in [0.15, 0.2) is 6.20 Å². The van der Waals surface area contributed by atoms with Gasteiger partial charge < -0.3 is 10.6 Å². The maximum atomic E-state index is 5.91. The third kappa shape index (κ3) is 2.99. The molecule has 94 valence electrons. The summed E-state index contributed by atoms with van der Waals surface area (Å²) < 4.78 is 0. The Morgan fingerprint density at radius 1 is 1.35 bits per heavy atom. The fourth-order valence-electron chi connectivity index (χ4n) is 2.09. The van der Waals surface area contributed by atoms with Crippen LogP contribution >= 0.6 is 11.3 Å². The Morgan fingerprint density at radius 3 is 2.35 bits per heavy atom. The number of rotatable bonds is 6. The van der Waals surface area contributed by atoms with Gasteiger partial charge in [-0.3, -0.25) is 0 Å². The SMILES string of the molecule is CC(N)c1cnc(N(CC2CC2)CC2CC2)s1. The quantitative estimate of drug-likeness (QED) is 0.845. The summed E-state index contributed by atoms with van der Waals surface area (Å²) in [4.78, 5) is 8.27. The van der Waals surface area contributed by atoms with Crippen molar-refractivity contribution in [2.24, 2.45) is 17.6 Å². The molecular weight excluding hydrogens is 230 g/mol. The predicted octanol–water partition coefficient (Wildman–Crippen LogP) is 2.79. The van der Waals surface area contributed by atoms with Crippen molar-refractivity contribution in [1.29, 1.82) is 0 Å². The lowest BCUT2D eigenvalue weighted by atomic mass is 10.3. The van der Waals surface area contributed by atoms with Crippen molar-refractivity contribution in [1.82, 2.24) is 4.98 Å². The van der Waals surface area contributed by atoms with E-state index in [-0.39, 0.29) is 6.04 Å². The van der Waals surface area contributed by atoms with Crippen LogP contribution in [-0.4, -0.2) is 18.1 Å². The zero-order valence-corrected chi connectivity index (χ0v) is 11.2. The molecule has 0 saturated heterocycles. The predicted molar refractivity (Wildman–Crippen MR) is 72.4 cm³/mol. The van der Waals surface area contributed by atoms with Crippen molar-refractivity contribution in [2.75, 3.05) is 18.0 Å². The Hall–Kier alpha value is -0.610. The van der Waals surface area contributed by atoms with E-state index in [1.54, 1.807) is 11.3 Å². The Balaban J connectivity index is 1.69. The molecule has 0 aliphatic heterocycles. The number of hydrogen-bond donors (Lipinski definition) is 1. The molecule has 1 aromatic heterocycles. The van der Waals surface area contributed by atoms with Crippen LogP contribution in [0.4, 0.5) is 5.13 Å². The summed E-state index contributed by atoms with van der Waals surface area (Å²) in [7, 11) is 0. The summed E-state index contributed by atoms with van der Waals surface area (Å²) in [6.07, 6.45) is 7.59. The highest BCUT2D eigenvalue weighted by atomic mass is 32.1. The molecule has 1 aromatic rings. The molecule has 0 spiro atoms. The molecule has 2 fully saturated rings. The first-order valence-electron chi connectivity index (χ1n) is 6.68. The summed E-state index contributed by atoms with van der Waals surface area (Å²) in [5.74, 6) is 1.85. The normalized spacial score (nSPS) is 21.5. The lowest BCUT2D eigenvalue weighted by Gasteiger charge is -2.21. The fraction of sp³-hybridized carbons (Fsp3) is 0.769. The summed E-state index contributed by atoms with van der Waals surface area (Å²) in [6.45, 7) is 4.45. The Morgan fingerprint density at radius 2 is 1.94 bits per heavy atom. The first-order valence-corrected chi connectivity index (χ1v) is 7.50. The monoisotopic (exact) mass is 251 g/mol. The molecule has 0 bridgehead atoms. The number of nitrogens with two attached hydrogens (primary N) is 1. The van der Waals surface area contributed by atoms with E-state index in [4.69, 9.17) is 5.73 Å². The summed E-state index contributed by atoms with van der Waals surface area (Å²) in [6, 6.07) is 0.116. The van der Waals surface area contributed by atoms with E-state index < -0.39 is 0 Å². The van der Waals surface area contributed by atoms with Gasteiger partial charge in [-0.15, -0.1) is 11.3 Å². The van der Waals surface area contributed by atoms with Crippen LogP contribution in [0.25, 0.3) is 0 Å². The van der Waals surface area contributed by atoms with Gasteiger partial charge in [0, 0.05) is 30.2 Å². The molecule has 0 radical (unpaired) electrons. The maximum Gasteiger partial charge on any atom is 0.185 e. The molecule has 2 N–H and O–H groups in total. The molecule has 0 aromatic carbocycles. The first kappa shape index (κ1) is 11.5. The van der Waals surface area contributed by atoms with Gasteiger partial charge >= 0.3 is 0 Å². The molecule has 3 rings (SSSR count). The van der Waals surface area contributed by atoms with Gasteiger partial charge in [-0.1, -0.05) is 0 Å². The van der Waals surface area contributed by atoms with E-state index in [9.17, 15) is 0 Å². The maximum absolute atomic E-state index is 5.91. The minimum atomic E-state index is 0.116. The van der Waals surface area contributed by atoms with Gasteiger partial charge in [0.15, 0.2) is 5.13 Å². The van der Waals surface area contributed by atoms with E-state index in [1.165, 1.54) is 48.8 Å². The van der Waals surface area contributed by atoms with Crippen LogP contribution in [0, 0.1) is 11.8 Å². The second kappa shape index (κ2) is 4.58. The second-order valence-corrected chi connectivity index (χ2v) is 6.67. The van der Waals surface area contributed by atoms with Crippen LogP contribution in [-0.2, 0) is 0 Å². The van der Waals surface area contributed by atoms with Crippen molar-refractivity contribution in [3.63, 3.8) is 0 Å². The molecule has 0 amide bonds. The van der Waals surface area contributed by atoms with Gasteiger partial charge in [0.2, 0.25) is 0 Å². The summed E-state index contributed by atoms with van der Waals surface area (Å²) >= 11 is 1.78. The molecule has 17 heavy (non-hydrogen) atoms. The van der Waals surface area contributed by atoms with E-state index in [2.05, 4.69) is 9.88 Å². The van der Waals surface area contributed by atoms with Crippen LogP contribution < -0.4 is 10.6 Å². The van der Waals surface area contributed by atoms with E-state index in [1.807, 2.05) is 13.1 Å².